The molecular formula is C31H54N6O12. The first-order valence-corrected chi connectivity index (χ1v) is 16.0. The topological polar surface area (TPSA) is 293 Å². The molecule has 0 aromatic heterocycles. The van der Waals surface area contributed by atoms with E-state index in [0.717, 1.165) is 0 Å². The van der Waals surface area contributed by atoms with Gasteiger partial charge in [0.2, 0.25) is 29.5 Å². The van der Waals surface area contributed by atoms with Gasteiger partial charge in [0.05, 0.1) is 25.0 Å². The Hall–Kier alpha value is -4.48. The fourth-order valence-electron chi connectivity index (χ4n) is 4.47. The van der Waals surface area contributed by atoms with Crippen LogP contribution in [0, 0.1) is 17.8 Å². The highest BCUT2D eigenvalue weighted by molar-refractivity contribution is 5.94. The van der Waals surface area contributed by atoms with E-state index in [1.54, 1.807) is 34.6 Å². The Morgan fingerprint density at radius 1 is 0.694 bits per heavy atom. The fraction of sp³-hybridized carbons (Fsp3) is 0.742. The summed E-state index contributed by atoms with van der Waals surface area (Å²) < 4.78 is 5.22. The van der Waals surface area contributed by atoms with Crippen molar-refractivity contribution in [3.05, 3.63) is 0 Å². The number of alkyl carbamates (subject to hydrolysis) is 1. The summed E-state index contributed by atoms with van der Waals surface area (Å²) in [5.74, 6) is -8.68. The van der Waals surface area contributed by atoms with E-state index in [9.17, 15) is 43.5 Å². The Morgan fingerprint density at radius 2 is 1.24 bits per heavy atom. The zero-order valence-electron chi connectivity index (χ0n) is 29.6. The molecule has 7 unspecified atom stereocenters. The molecule has 49 heavy (non-hydrogen) atoms. The van der Waals surface area contributed by atoms with Crippen LogP contribution in [0.3, 0.4) is 0 Å². The molecule has 0 bridgehead atoms. The monoisotopic (exact) mass is 702 g/mol. The molecule has 7 atom stereocenters. The van der Waals surface area contributed by atoms with E-state index in [4.69, 9.17) is 20.7 Å². The first-order chi connectivity index (χ1) is 22.3. The second-order valence-electron chi connectivity index (χ2n) is 13.8. The minimum absolute atomic E-state index is 0.0756. The number of primary amides is 1. The van der Waals surface area contributed by atoms with Crippen LogP contribution >= 0.6 is 0 Å². The summed E-state index contributed by atoms with van der Waals surface area (Å²) in [7, 11) is 0. The minimum atomic E-state index is -1.72. The van der Waals surface area contributed by atoms with Crippen molar-refractivity contribution in [3.8, 4) is 0 Å². The van der Waals surface area contributed by atoms with Gasteiger partial charge < -0.3 is 52.4 Å². The highest BCUT2D eigenvalue weighted by Crippen LogP contribution is 2.17. The standard InChI is InChI=1S/C31H54N6O12/c1-14(2)10-18(21(38)11-16(5)25(42)33-17(6)26(43)36-20(29(46)47)13-23(40)41)34-27(44)19(12-22(32)39)35-28(45)24(15(3)4)37-30(48)49-31(7,8)9/h14-21,24,38H,10-13H2,1-9H3,(H2,32,39)(H,33,42)(H,34,44)(H,35,45)(H,36,43)(H,37,48)(H,40,41)(H,46,47). The molecule has 0 aliphatic rings. The molecule has 0 aliphatic carbocycles. The van der Waals surface area contributed by atoms with Crippen molar-refractivity contribution >= 4 is 47.6 Å². The van der Waals surface area contributed by atoms with E-state index >= 15 is 0 Å². The van der Waals surface area contributed by atoms with Gasteiger partial charge in [-0.05, 0) is 52.4 Å². The highest BCUT2D eigenvalue weighted by Gasteiger charge is 2.34. The Bertz CT molecular complexity index is 1200. The molecule has 0 heterocycles. The number of aliphatic carboxylic acids is 2. The van der Waals surface area contributed by atoms with Crippen molar-refractivity contribution in [2.75, 3.05) is 0 Å². The van der Waals surface area contributed by atoms with Crippen LogP contribution in [0.1, 0.15) is 88.0 Å². The van der Waals surface area contributed by atoms with Crippen LogP contribution in [0.2, 0.25) is 0 Å². The molecule has 18 nitrogen and oxygen atoms in total. The summed E-state index contributed by atoms with van der Waals surface area (Å²) in [4.78, 5) is 98.2. The van der Waals surface area contributed by atoms with Crippen LogP contribution in [-0.4, -0.2) is 105 Å². The normalized spacial score (nSPS) is 15.8. The molecule has 0 spiro atoms. The maximum atomic E-state index is 13.4. The van der Waals surface area contributed by atoms with Crippen LogP contribution in [0.5, 0.6) is 0 Å². The minimum Gasteiger partial charge on any atom is -0.481 e. The number of hydrogen-bond acceptors (Lipinski definition) is 10. The maximum Gasteiger partial charge on any atom is 0.408 e. The number of aliphatic hydroxyl groups excluding tert-OH is 1. The number of amides is 6. The molecule has 280 valence electrons. The number of carboxylic acid groups (broad SMARTS) is 2. The Labute approximate surface area is 286 Å². The molecule has 0 fully saturated rings. The molecular weight excluding hydrogens is 648 g/mol. The van der Waals surface area contributed by atoms with E-state index in [1.807, 2.05) is 19.2 Å². The Balaban J connectivity index is 5.72. The number of carbonyl (C=O) groups excluding carboxylic acids is 6. The lowest BCUT2D eigenvalue weighted by atomic mass is 9.92. The fourth-order valence-corrected chi connectivity index (χ4v) is 4.47. The third-order valence-corrected chi connectivity index (χ3v) is 6.97. The summed E-state index contributed by atoms with van der Waals surface area (Å²) in [5.41, 5.74) is 4.50. The summed E-state index contributed by atoms with van der Waals surface area (Å²) in [6, 6.07) is -6.57. The lowest BCUT2D eigenvalue weighted by Gasteiger charge is -2.30. The van der Waals surface area contributed by atoms with Crippen LogP contribution in [0.15, 0.2) is 0 Å². The third kappa shape index (κ3) is 18.0. The van der Waals surface area contributed by atoms with Gasteiger partial charge in [-0.2, -0.15) is 0 Å². The predicted octanol–water partition coefficient (Wildman–Crippen LogP) is -0.637. The van der Waals surface area contributed by atoms with Gasteiger partial charge in [-0.3, -0.25) is 28.8 Å². The van der Waals surface area contributed by atoms with Gasteiger partial charge in [0.25, 0.3) is 0 Å². The number of nitrogens with one attached hydrogen (secondary N) is 5. The largest absolute Gasteiger partial charge is 0.481 e. The molecule has 0 aromatic rings. The lowest BCUT2D eigenvalue weighted by Crippen LogP contribution is -2.58. The summed E-state index contributed by atoms with van der Waals surface area (Å²) in [5, 5.41) is 41.0. The molecule has 0 radical (unpaired) electrons. The van der Waals surface area contributed by atoms with Crippen molar-refractivity contribution in [1.29, 1.82) is 0 Å². The number of nitrogens with two attached hydrogens (primary N) is 1. The number of ether oxygens (including phenoxy) is 1. The van der Waals surface area contributed by atoms with Crippen LogP contribution in [0.25, 0.3) is 0 Å². The third-order valence-electron chi connectivity index (χ3n) is 6.97. The second kappa shape index (κ2) is 20.1. The van der Waals surface area contributed by atoms with Gasteiger partial charge in [0.1, 0.15) is 29.8 Å². The van der Waals surface area contributed by atoms with Crippen molar-refractivity contribution in [3.63, 3.8) is 0 Å². The average Bonchev–Trinajstić information content (AvgIpc) is 2.92. The number of hydrogen-bond donors (Lipinski definition) is 9. The van der Waals surface area contributed by atoms with E-state index < -0.39 is 114 Å². The molecule has 0 saturated carbocycles. The van der Waals surface area contributed by atoms with Crippen molar-refractivity contribution < 1.29 is 58.4 Å². The smallest absolute Gasteiger partial charge is 0.408 e. The number of carbonyl (C=O) groups is 8. The molecule has 18 heteroatoms. The van der Waals surface area contributed by atoms with E-state index in [-0.39, 0.29) is 18.8 Å². The van der Waals surface area contributed by atoms with E-state index in [1.165, 1.54) is 13.8 Å². The number of aliphatic hydroxyl groups is 1. The molecule has 0 aromatic carbocycles. The van der Waals surface area contributed by atoms with Gasteiger partial charge in [0.15, 0.2) is 0 Å². The van der Waals surface area contributed by atoms with Crippen molar-refractivity contribution in [2.45, 2.75) is 130 Å². The zero-order valence-corrected chi connectivity index (χ0v) is 29.6. The first kappa shape index (κ1) is 44.5. The number of rotatable bonds is 20. The quantitative estimate of drug-likeness (QED) is 0.0766. The summed E-state index contributed by atoms with van der Waals surface area (Å²) in [6.45, 7) is 14.6. The van der Waals surface area contributed by atoms with Crippen LogP contribution in [0.4, 0.5) is 4.79 Å². The van der Waals surface area contributed by atoms with Crippen molar-refractivity contribution in [1.82, 2.24) is 26.6 Å². The molecule has 6 amide bonds. The Morgan fingerprint density at radius 3 is 1.69 bits per heavy atom. The second-order valence-corrected chi connectivity index (χ2v) is 13.8. The first-order valence-electron chi connectivity index (χ1n) is 16.0. The van der Waals surface area contributed by atoms with Crippen LogP contribution in [-0.2, 0) is 38.3 Å². The molecule has 10 N–H and O–H groups in total. The van der Waals surface area contributed by atoms with Gasteiger partial charge in [-0.25, -0.2) is 9.59 Å². The molecule has 0 saturated heterocycles. The molecule has 0 rings (SSSR count). The van der Waals surface area contributed by atoms with Gasteiger partial charge in [0, 0.05) is 5.92 Å². The Kier molecular flexibility index (Phi) is 18.3. The van der Waals surface area contributed by atoms with E-state index in [2.05, 4.69) is 21.3 Å². The maximum absolute atomic E-state index is 13.4. The summed E-state index contributed by atoms with van der Waals surface area (Å²) in [6.07, 6.45) is -3.67. The van der Waals surface area contributed by atoms with E-state index in [0.29, 0.717) is 0 Å². The molecule has 0 aliphatic heterocycles. The lowest BCUT2D eigenvalue weighted by molar-refractivity contribution is -0.147. The zero-order chi connectivity index (χ0) is 38.4. The number of carboxylic acids is 2. The van der Waals surface area contributed by atoms with Crippen LogP contribution < -0.4 is 32.3 Å². The average molecular weight is 703 g/mol. The van der Waals surface area contributed by atoms with Crippen molar-refractivity contribution in [2.24, 2.45) is 23.5 Å². The van der Waals surface area contributed by atoms with Gasteiger partial charge in [-0.1, -0.05) is 34.6 Å². The van der Waals surface area contributed by atoms with Gasteiger partial charge in [-0.15, -0.1) is 0 Å². The highest BCUT2D eigenvalue weighted by atomic mass is 16.6. The van der Waals surface area contributed by atoms with Gasteiger partial charge >= 0.3 is 18.0 Å². The predicted molar refractivity (Wildman–Crippen MR) is 174 cm³/mol. The summed E-state index contributed by atoms with van der Waals surface area (Å²) >= 11 is 0. The SMILES string of the molecule is CC(C)CC(NC(=O)C(CC(N)=O)NC(=O)C(NC(=O)OC(C)(C)C)C(C)C)C(O)CC(C)C(=O)NC(C)C(=O)NC(CC(=O)O)C(=O)O.